The van der Waals surface area contributed by atoms with Crippen molar-refractivity contribution in [1.29, 1.82) is 0 Å². The van der Waals surface area contributed by atoms with Crippen molar-refractivity contribution in [3.8, 4) is 0 Å². The summed E-state index contributed by atoms with van der Waals surface area (Å²) in [6, 6.07) is 6.75. The first kappa shape index (κ1) is 17.1. The monoisotopic (exact) mass is 357 g/mol. The molecule has 2 aromatic rings. The first-order valence-electron chi connectivity index (χ1n) is 9.31. The van der Waals surface area contributed by atoms with E-state index in [4.69, 9.17) is 0 Å². The van der Waals surface area contributed by atoms with E-state index >= 15 is 0 Å². The zero-order valence-electron chi connectivity index (χ0n) is 14.9. The van der Waals surface area contributed by atoms with Gasteiger partial charge in [0.1, 0.15) is 5.82 Å². The normalized spacial score (nSPS) is 24.2. The summed E-state index contributed by atoms with van der Waals surface area (Å²) in [6.07, 6.45) is 4.47. The van der Waals surface area contributed by atoms with Gasteiger partial charge in [-0.25, -0.2) is 9.07 Å². The van der Waals surface area contributed by atoms with Gasteiger partial charge in [-0.2, -0.15) is 0 Å². The fourth-order valence-corrected chi connectivity index (χ4v) is 4.08. The molecule has 2 unspecified atom stereocenters. The van der Waals surface area contributed by atoms with Crippen LogP contribution >= 0.6 is 0 Å². The van der Waals surface area contributed by atoms with Crippen LogP contribution in [-0.2, 0) is 0 Å². The summed E-state index contributed by atoms with van der Waals surface area (Å²) in [6.45, 7) is 4.60. The van der Waals surface area contributed by atoms with Gasteiger partial charge in [0.05, 0.1) is 18.3 Å². The summed E-state index contributed by atoms with van der Waals surface area (Å²) in [5, 5.41) is 11.6. The standard InChI is InChI=1S/C19H24FN5O/c1-13-10-18(15-4-2-3-5-16(15)20)24(11-13)19(26)17-12-25(23-22-17)14-6-8-21-9-7-14/h2-5,12-14,18,21H,6-11H2,1H3. The third-order valence-electron chi connectivity index (χ3n) is 5.45. The lowest BCUT2D eigenvalue weighted by Gasteiger charge is -2.24. The van der Waals surface area contributed by atoms with Crippen molar-refractivity contribution >= 4 is 5.91 Å². The molecule has 2 fully saturated rings. The quantitative estimate of drug-likeness (QED) is 0.917. The van der Waals surface area contributed by atoms with Gasteiger partial charge in [0.25, 0.3) is 5.91 Å². The van der Waals surface area contributed by atoms with E-state index in [1.165, 1.54) is 6.07 Å². The molecule has 0 bridgehead atoms. The molecule has 0 aliphatic carbocycles. The molecule has 0 radical (unpaired) electrons. The molecule has 0 saturated carbocycles. The van der Waals surface area contributed by atoms with Gasteiger partial charge in [-0.3, -0.25) is 4.79 Å². The molecule has 3 heterocycles. The molecule has 2 atom stereocenters. The van der Waals surface area contributed by atoms with E-state index in [0.29, 0.717) is 23.7 Å². The first-order valence-corrected chi connectivity index (χ1v) is 9.31. The topological polar surface area (TPSA) is 63.1 Å². The number of nitrogens with one attached hydrogen (secondary N) is 1. The van der Waals surface area contributed by atoms with Crippen molar-refractivity contribution in [3.05, 3.63) is 47.5 Å². The summed E-state index contributed by atoms with van der Waals surface area (Å²) in [7, 11) is 0. The van der Waals surface area contributed by atoms with Gasteiger partial charge in [-0.1, -0.05) is 30.3 Å². The molecule has 2 aliphatic rings. The van der Waals surface area contributed by atoms with Crippen LogP contribution in [-0.4, -0.2) is 45.4 Å². The molecule has 2 aliphatic heterocycles. The molecule has 1 aromatic carbocycles. The zero-order valence-corrected chi connectivity index (χ0v) is 14.9. The molecule has 1 aromatic heterocycles. The average molecular weight is 357 g/mol. The minimum Gasteiger partial charge on any atom is -0.330 e. The van der Waals surface area contributed by atoms with Crippen LogP contribution in [0.15, 0.2) is 30.5 Å². The zero-order chi connectivity index (χ0) is 18.1. The Bertz CT molecular complexity index is 786. The number of amides is 1. The van der Waals surface area contributed by atoms with Crippen molar-refractivity contribution in [2.75, 3.05) is 19.6 Å². The molecule has 2 saturated heterocycles. The maximum Gasteiger partial charge on any atom is 0.276 e. The van der Waals surface area contributed by atoms with Gasteiger partial charge < -0.3 is 10.2 Å². The molecule has 4 rings (SSSR count). The van der Waals surface area contributed by atoms with Gasteiger partial charge in [0, 0.05) is 12.1 Å². The molecule has 1 amide bonds. The molecular formula is C19H24FN5O. The predicted molar refractivity (Wildman–Crippen MR) is 95.1 cm³/mol. The second-order valence-electron chi connectivity index (χ2n) is 7.40. The number of aromatic nitrogens is 3. The van der Waals surface area contributed by atoms with Gasteiger partial charge in [-0.15, -0.1) is 5.10 Å². The van der Waals surface area contributed by atoms with E-state index < -0.39 is 0 Å². The number of benzene rings is 1. The number of carbonyl (C=O) groups excluding carboxylic acids is 1. The molecule has 1 N–H and O–H groups in total. The Morgan fingerprint density at radius 3 is 2.81 bits per heavy atom. The van der Waals surface area contributed by atoms with Crippen LogP contribution in [0.2, 0.25) is 0 Å². The SMILES string of the molecule is CC1CC(c2ccccc2F)N(C(=O)c2cn(C3CCNCC3)nn2)C1. The summed E-state index contributed by atoms with van der Waals surface area (Å²) in [4.78, 5) is 14.8. The van der Waals surface area contributed by atoms with Gasteiger partial charge >= 0.3 is 0 Å². The van der Waals surface area contributed by atoms with Crippen molar-refractivity contribution in [1.82, 2.24) is 25.2 Å². The summed E-state index contributed by atoms with van der Waals surface area (Å²) in [5.41, 5.74) is 0.926. The van der Waals surface area contributed by atoms with Crippen LogP contribution < -0.4 is 5.32 Å². The number of carbonyl (C=O) groups is 1. The fourth-order valence-electron chi connectivity index (χ4n) is 4.08. The number of rotatable bonds is 3. The van der Waals surface area contributed by atoms with Crippen LogP contribution in [0.5, 0.6) is 0 Å². The van der Waals surface area contributed by atoms with Gasteiger partial charge in [0.2, 0.25) is 0 Å². The number of piperidine rings is 1. The smallest absolute Gasteiger partial charge is 0.276 e. The van der Waals surface area contributed by atoms with Crippen LogP contribution in [0.25, 0.3) is 0 Å². The van der Waals surface area contributed by atoms with Crippen LogP contribution in [0.1, 0.15) is 54.3 Å². The van der Waals surface area contributed by atoms with Crippen LogP contribution in [0.4, 0.5) is 4.39 Å². The van der Waals surface area contributed by atoms with E-state index in [1.54, 1.807) is 23.2 Å². The number of hydrogen-bond donors (Lipinski definition) is 1. The van der Waals surface area contributed by atoms with E-state index in [9.17, 15) is 9.18 Å². The van der Waals surface area contributed by atoms with Crippen molar-refractivity contribution < 1.29 is 9.18 Å². The van der Waals surface area contributed by atoms with E-state index in [1.807, 2.05) is 10.7 Å². The molecule has 26 heavy (non-hydrogen) atoms. The van der Waals surface area contributed by atoms with Gasteiger partial charge in [0.15, 0.2) is 5.69 Å². The Labute approximate surface area is 152 Å². The summed E-state index contributed by atoms with van der Waals surface area (Å²) in [5.74, 6) is -0.103. The van der Waals surface area contributed by atoms with E-state index in [0.717, 1.165) is 32.4 Å². The third kappa shape index (κ3) is 3.23. The highest BCUT2D eigenvalue weighted by Crippen LogP contribution is 2.37. The lowest BCUT2D eigenvalue weighted by Crippen LogP contribution is -2.32. The molecular weight excluding hydrogens is 333 g/mol. The highest BCUT2D eigenvalue weighted by Gasteiger charge is 2.37. The van der Waals surface area contributed by atoms with Crippen molar-refractivity contribution in [2.45, 2.75) is 38.3 Å². The van der Waals surface area contributed by atoms with Crippen LogP contribution in [0.3, 0.4) is 0 Å². The minimum atomic E-state index is -0.261. The molecule has 7 heteroatoms. The number of halogens is 1. The fraction of sp³-hybridized carbons (Fsp3) is 0.526. The maximum absolute atomic E-state index is 14.3. The Balaban J connectivity index is 1.56. The lowest BCUT2D eigenvalue weighted by atomic mass is 10.0. The average Bonchev–Trinajstić information content (AvgIpc) is 3.29. The number of hydrogen-bond acceptors (Lipinski definition) is 4. The number of likely N-dealkylation sites (tertiary alicyclic amines) is 1. The molecule has 138 valence electrons. The van der Waals surface area contributed by atoms with E-state index in [-0.39, 0.29) is 23.8 Å². The Kier molecular flexibility index (Phi) is 4.72. The molecule has 6 nitrogen and oxygen atoms in total. The van der Waals surface area contributed by atoms with Crippen molar-refractivity contribution in [3.63, 3.8) is 0 Å². The maximum atomic E-state index is 14.3. The predicted octanol–water partition coefficient (Wildman–Crippen LogP) is 2.57. The summed E-state index contributed by atoms with van der Waals surface area (Å²) >= 11 is 0. The second-order valence-corrected chi connectivity index (χ2v) is 7.40. The summed E-state index contributed by atoms with van der Waals surface area (Å²) < 4.78 is 16.1. The minimum absolute atomic E-state index is 0.164. The Hall–Kier alpha value is -2.28. The Morgan fingerprint density at radius 2 is 2.04 bits per heavy atom. The van der Waals surface area contributed by atoms with Crippen molar-refractivity contribution in [2.24, 2.45) is 5.92 Å². The van der Waals surface area contributed by atoms with E-state index in [2.05, 4.69) is 22.6 Å². The Morgan fingerprint density at radius 1 is 1.27 bits per heavy atom. The lowest BCUT2D eigenvalue weighted by molar-refractivity contribution is 0.0724. The van der Waals surface area contributed by atoms with Gasteiger partial charge in [-0.05, 0) is 44.3 Å². The number of nitrogens with zero attached hydrogens (tertiary/aromatic N) is 4. The largest absolute Gasteiger partial charge is 0.330 e. The second kappa shape index (κ2) is 7.15. The first-order chi connectivity index (χ1) is 12.6. The highest BCUT2D eigenvalue weighted by molar-refractivity contribution is 5.92. The third-order valence-corrected chi connectivity index (χ3v) is 5.45. The molecule has 0 spiro atoms. The highest BCUT2D eigenvalue weighted by atomic mass is 19.1. The van der Waals surface area contributed by atoms with Crippen LogP contribution in [0, 0.1) is 11.7 Å².